The van der Waals surface area contributed by atoms with Gasteiger partial charge in [0, 0.05) is 12.1 Å². The van der Waals surface area contributed by atoms with E-state index < -0.39 is 7.12 Å². The molecule has 0 aliphatic heterocycles. The fourth-order valence-electron chi connectivity index (χ4n) is 2.23. The molecule has 0 aromatic heterocycles. The third kappa shape index (κ3) is 4.86. The Labute approximate surface area is 116 Å². The Balaban J connectivity index is 2.91. The maximum atomic E-state index is 9.25. The van der Waals surface area contributed by atoms with Gasteiger partial charge in [0.25, 0.3) is 0 Å². The van der Waals surface area contributed by atoms with E-state index in [4.69, 9.17) is 4.74 Å². The maximum Gasteiger partial charge on any atom is 0.488 e. The summed E-state index contributed by atoms with van der Waals surface area (Å²) in [5.41, 5.74) is 1.50. The molecule has 0 radical (unpaired) electrons. The molecule has 0 spiro atoms. The maximum absolute atomic E-state index is 9.25. The second kappa shape index (κ2) is 8.20. The average molecular weight is 265 g/mol. The molecule has 19 heavy (non-hydrogen) atoms. The minimum absolute atomic E-state index is 0.503. The van der Waals surface area contributed by atoms with E-state index in [0.717, 1.165) is 43.8 Å². The monoisotopic (exact) mass is 265 g/mol. The second-order valence-electron chi connectivity index (χ2n) is 4.72. The number of hydrogen-bond donors (Lipinski definition) is 2. The molecule has 4 nitrogen and oxygen atoms in total. The first-order valence-corrected chi connectivity index (χ1v) is 6.87. The summed E-state index contributed by atoms with van der Waals surface area (Å²) in [5.74, 6) is 0.793. The van der Waals surface area contributed by atoms with Crippen LogP contribution < -0.4 is 10.2 Å². The number of ether oxygens (including phenoxy) is 1. The summed E-state index contributed by atoms with van der Waals surface area (Å²) in [6.07, 6.45) is 2.20. The first-order valence-electron chi connectivity index (χ1n) is 6.87. The summed E-state index contributed by atoms with van der Waals surface area (Å²) in [5, 5.41) is 18.5. The molecule has 1 aromatic rings. The minimum atomic E-state index is -1.43. The summed E-state index contributed by atoms with van der Waals surface area (Å²) < 4.78 is 5.35. The smallest absolute Gasteiger partial charge is 0.488 e. The molecule has 0 amide bonds. The predicted molar refractivity (Wildman–Crippen MR) is 78.7 cm³/mol. The van der Waals surface area contributed by atoms with E-state index in [1.54, 1.807) is 19.2 Å². The van der Waals surface area contributed by atoms with Crippen LogP contribution in [0.4, 0.5) is 0 Å². The summed E-state index contributed by atoms with van der Waals surface area (Å²) in [4.78, 5) is 2.35. The molecule has 0 bridgehead atoms. The van der Waals surface area contributed by atoms with E-state index >= 15 is 0 Å². The van der Waals surface area contributed by atoms with Crippen molar-refractivity contribution in [2.24, 2.45) is 0 Å². The van der Waals surface area contributed by atoms with Crippen LogP contribution in [0.2, 0.25) is 0 Å². The van der Waals surface area contributed by atoms with Crippen LogP contribution in [-0.4, -0.2) is 42.3 Å². The van der Waals surface area contributed by atoms with Gasteiger partial charge in [0.05, 0.1) is 7.11 Å². The van der Waals surface area contributed by atoms with E-state index in [1.165, 1.54) is 0 Å². The summed E-state index contributed by atoms with van der Waals surface area (Å²) >= 11 is 0. The van der Waals surface area contributed by atoms with Crippen molar-refractivity contribution < 1.29 is 14.8 Å². The Morgan fingerprint density at radius 1 is 1.16 bits per heavy atom. The molecule has 0 atom stereocenters. The van der Waals surface area contributed by atoms with Gasteiger partial charge in [0.1, 0.15) is 5.75 Å². The van der Waals surface area contributed by atoms with Crippen LogP contribution in [0, 0.1) is 0 Å². The van der Waals surface area contributed by atoms with Gasteiger partial charge in [-0.1, -0.05) is 26.0 Å². The van der Waals surface area contributed by atoms with Crippen molar-refractivity contribution >= 4 is 12.6 Å². The van der Waals surface area contributed by atoms with E-state index in [2.05, 4.69) is 18.7 Å². The topological polar surface area (TPSA) is 52.9 Å². The molecular formula is C14H24BNO3. The van der Waals surface area contributed by atoms with Crippen molar-refractivity contribution in [1.82, 2.24) is 4.90 Å². The third-order valence-electron chi connectivity index (χ3n) is 3.08. The molecule has 5 heteroatoms. The van der Waals surface area contributed by atoms with Crippen LogP contribution in [0.5, 0.6) is 5.75 Å². The van der Waals surface area contributed by atoms with Gasteiger partial charge >= 0.3 is 7.12 Å². The minimum Gasteiger partial charge on any atom is -0.496 e. The van der Waals surface area contributed by atoms with Gasteiger partial charge in [0.2, 0.25) is 0 Å². The van der Waals surface area contributed by atoms with Crippen molar-refractivity contribution in [3.63, 3.8) is 0 Å². The molecular weight excluding hydrogens is 241 g/mol. The predicted octanol–water partition coefficient (Wildman–Crippen LogP) is 0.997. The first kappa shape index (κ1) is 16.0. The number of nitrogens with zero attached hydrogens (tertiary/aromatic N) is 1. The summed E-state index contributed by atoms with van der Waals surface area (Å²) in [6, 6.07) is 5.28. The zero-order chi connectivity index (χ0) is 14.3. The molecule has 0 aliphatic rings. The van der Waals surface area contributed by atoms with Gasteiger partial charge in [-0.05, 0) is 37.5 Å². The van der Waals surface area contributed by atoms with Crippen molar-refractivity contribution in [2.75, 3.05) is 20.2 Å². The Bertz CT molecular complexity index is 379. The number of methoxy groups -OCH3 is 1. The lowest BCUT2D eigenvalue weighted by Gasteiger charge is -2.22. The zero-order valence-corrected chi connectivity index (χ0v) is 12.1. The molecule has 1 aromatic carbocycles. The zero-order valence-electron chi connectivity index (χ0n) is 12.1. The lowest BCUT2D eigenvalue weighted by Crippen LogP contribution is -2.31. The molecule has 0 saturated heterocycles. The van der Waals surface area contributed by atoms with Gasteiger partial charge in [-0.15, -0.1) is 0 Å². The quantitative estimate of drug-likeness (QED) is 0.688. The van der Waals surface area contributed by atoms with Crippen molar-refractivity contribution in [3.05, 3.63) is 23.8 Å². The van der Waals surface area contributed by atoms with Crippen LogP contribution in [0.25, 0.3) is 0 Å². The van der Waals surface area contributed by atoms with E-state index in [0.29, 0.717) is 5.46 Å². The van der Waals surface area contributed by atoms with Crippen molar-refractivity contribution in [2.45, 2.75) is 33.2 Å². The van der Waals surface area contributed by atoms with E-state index in [1.807, 2.05) is 6.07 Å². The normalized spacial score (nSPS) is 10.8. The highest BCUT2D eigenvalue weighted by Gasteiger charge is 2.15. The standard InChI is InChI=1S/C14H24BNO3/c1-4-8-16(9-5-2)11-12-10-13(15(17)18)6-7-14(12)19-3/h6-7,10,17-18H,4-5,8-9,11H2,1-3H3. The van der Waals surface area contributed by atoms with Crippen LogP contribution in [0.15, 0.2) is 18.2 Å². The molecule has 0 saturated carbocycles. The SMILES string of the molecule is CCCN(CCC)Cc1cc(B(O)O)ccc1OC. The van der Waals surface area contributed by atoms with Gasteiger partial charge in [-0.2, -0.15) is 0 Å². The van der Waals surface area contributed by atoms with Crippen LogP contribution in [0.3, 0.4) is 0 Å². The average Bonchev–Trinajstić information content (AvgIpc) is 2.39. The lowest BCUT2D eigenvalue weighted by atomic mass is 9.79. The Morgan fingerprint density at radius 2 is 1.79 bits per heavy atom. The fraction of sp³-hybridized carbons (Fsp3) is 0.571. The highest BCUT2D eigenvalue weighted by molar-refractivity contribution is 6.58. The molecule has 0 aliphatic carbocycles. The van der Waals surface area contributed by atoms with Gasteiger partial charge < -0.3 is 14.8 Å². The molecule has 2 N–H and O–H groups in total. The van der Waals surface area contributed by atoms with E-state index in [9.17, 15) is 10.0 Å². The Kier molecular flexibility index (Phi) is 6.91. The molecule has 0 unspecified atom stereocenters. The number of rotatable bonds is 8. The molecule has 1 rings (SSSR count). The van der Waals surface area contributed by atoms with Gasteiger partial charge in [-0.25, -0.2) is 0 Å². The number of hydrogen-bond acceptors (Lipinski definition) is 4. The van der Waals surface area contributed by atoms with Crippen LogP contribution >= 0.6 is 0 Å². The van der Waals surface area contributed by atoms with Crippen LogP contribution in [0.1, 0.15) is 32.3 Å². The molecule has 0 fully saturated rings. The van der Waals surface area contributed by atoms with Crippen molar-refractivity contribution in [1.29, 1.82) is 0 Å². The Morgan fingerprint density at radius 3 is 2.26 bits per heavy atom. The first-order chi connectivity index (χ1) is 9.12. The van der Waals surface area contributed by atoms with Gasteiger partial charge in [0.15, 0.2) is 0 Å². The number of benzene rings is 1. The summed E-state index contributed by atoms with van der Waals surface area (Å²) in [6.45, 7) is 7.15. The lowest BCUT2D eigenvalue weighted by molar-refractivity contribution is 0.262. The van der Waals surface area contributed by atoms with Crippen LogP contribution in [-0.2, 0) is 6.54 Å². The summed E-state index contributed by atoms with van der Waals surface area (Å²) in [7, 11) is 0.202. The van der Waals surface area contributed by atoms with Gasteiger partial charge in [-0.3, -0.25) is 4.90 Å². The highest BCUT2D eigenvalue weighted by atomic mass is 16.5. The Hall–Kier alpha value is -1.04. The highest BCUT2D eigenvalue weighted by Crippen LogP contribution is 2.19. The van der Waals surface area contributed by atoms with E-state index in [-0.39, 0.29) is 0 Å². The second-order valence-corrected chi connectivity index (χ2v) is 4.72. The molecule has 106 valence electrons. The largest absolute Gasteiger partial charge is 0.496 e. The fourth-order valence-corrected chi connectivity index (χ4v) is 2.23. The third-order valence-corrected chi connectivity index (χ3v) is 3.08. The van der Waals surface area contributed by atoms with Crippen molar-refractivity contribution in [3.8, 4) is 5.75 Å². The molecule has 0 heterocycles.